The fraction of sp³-hybridized carbons (Fsp3) is 0.167. The lowest BCUT2D eigenvalue weighted by Crippen LogP contribution is -2.19. The Balaban J connectivity index is 2.72. The van der Waals surface area contributed by atoms with Crippen LogP contribution in [0.5, 0.6) is 5.75 Å². The number of hydrogen-bond donors (Lipinski definition) is 2. The van der Waals surface area contributed by atoms with E-state index in [4.69, 9.17) is 0 Å². The van der Waals surface area contributed by atoms with Crippen molar-refractivity contribution < 1.29 is 14.7 Å². The van der Waals surface area contributed by atoms with Gasteiger partial charge in [0.15, 0.2) is 6.29 Å². The molecule has 1 aromatic rings. The molecule has 0 spiro atoms. The number of carbonyl (C=O) groups excluding carboxylic acids is 2. The molecule has 16 heavy (non-hydrogen) atoms. The third kappa shape index (κ3) is 3.57. The van der Waals surface area contributed by atoms with Crippen molar-refractivity contribution in [1.29, 1.82) is 0 Å². The van der Waals surface area contributed by atoms with Crippen LogP contribution in [0.2, 0.25) is 0 Å². The molecule has 2 N–H and O–H groups in total. The maximum Gasteiger partial charge on any atom is 0.217 e. The van der Waals surface area contributed by atoms with Crippen LogP contribution in [0.15, 0.2) is 24.3 Å². The molecule has 0 aliphatic rings. The first-order chi connectivity index (χ1) is 7.63. The van der Waals surface area contributed by atoms with Gasteiger partial charge >= 0.3 is 0 Å². The molecule has 0 saturated heterocycles. The average molecular weight is 219 g/mol. The number of amides is 1. The van der Waals surface area contributed by atoms with Gasteiger partial charge in [0.1, 0.15) is 5.75 Å². The molecule has 0 radical (unpaired) electrons. The highest BCUT2D eigenvalue weighted by molar-refractivity contribution is 5.82. The molecule has 0 aliphatic heterocycles. The first kappa shape index (κ1) is 12.0. The van der Waals surface area contributed by atoms with Crippen LogP contribution in [0.1, 0.15) is 22.8 Å². The summed E-state index contributed by atoms with van der Waals surface area (Å²) < 4.78 is 0. The molecule has 0 atom stereocenters. The standard InChI is InChI=1S/C12H13NO3/c1-9(15)13-6-2-3-10-4-5-12(16)7-11(10)8-14/h2-5,7-8,16H,6H2,1H3,(H,13,15). The lowest BCUT2D eigenvalue weighted by atomic mass is 10.1. The van der Waals surface area contributed by atoms with Crippen molar-refractivity contribution in [2.24, 2.45) is 0 Å². The zero-order valence-electron chi connectivity index (χ0n) is 8.93. The topological polar surface area (TPSA) is 66.4 Å². The van der Waals surface area contributed by atoms with Gasteiger partial charge in [0, 0.05) is 19.0 Å². The molecular weight excluding hydrogens is 206 g/mol. The lowest BCUT2D eigenvalue weighted by molar-refractivity contribution is -0.118. The van der Waals surface area contributed by atoms with Crippen LogP contribution in [-0.4, -0.2) is 23.8 Å². The normalized spacial score (nSPS) is 10.3. The lowest BCUT2D eigenvalue weighted by Gasteiger charge is -2.00. The number of aldehydes is 1. The summed E-state index contributed by atoms with van der Waals surface area (Å²) in [4.78, 5) is 21.3. The van der Waals surface area contributed by atoms with Crippen LogP contribution in [0.25, 0.3) is 6.08 Å². The minimum absolute atomic E-state index is 0.0566. The zero-order valence-corrected chi connectivity index (χ0v) is 8.93. The number of nitrogens with one attached hydrogen (secondary N) is 1. The van der Waals surface area contributed by atoms with Gasteiger partial charge < -0.3 is 10.4 Å². The van der Waals surface area contributed by atoms with E-state index in [9.17, 15) is 14.7 Å². The highest BCUT2D eigenvalue weighted by atomic mass is 16.3. The van der Waals surface area contributed by atoms with Gasteiger partial charge in [-0.1, -0.05) is 18.2 Å². The van der Waals surface area contributed by atoms with Gasteiger partial charge in [0.05, 0.1) is 0 Å². The molecule has 1 aromatic carbocycles. The number of rotatable bonds is 4. The van der Waals surface area contributed by atoms with E-state index in [1.807, 2.05) is 0 Å². The van der Waals surface area contributed by atoms with E-state index in [1.54, 1.807) is 18.2 Å². The van der Waals surface area contributed by atoms with Gasteiger partial charge in [0.2, 0.25) is 5.91 Å². The zero-order chi connectivity index (χ0) is 12.0. The Morgan fingerprint density at radius 1 is 1.44 bits per heavy atom. The van der Waals surface area contributed by atoms with Crippen molar-refractivity contribution >= 4 is 18.3 Å². The minimum atomic E-state index is -0.106. The Labute approximate surface area is 93.6 Å². The van der Waals surface area contributed by atoms with Crippen LogP contribution < -0.4 is 5.32 Å². The number of hydrogen-bond acceptors (Lipinski definition) is 3. The molecule has 0 fully saturated rings. The second kappa shape index (κ2) is 5.70. The number of phenolic OH excluding ortho intramolecular Hbond substituents is 1. The van der Waals surface area contributed by atoms with Gasteiger partial charge in [-0.05, 0) is 17.7 Å². The third-order valence-corrected chi connectivity index (χ3v) is 1.96. The van der Waals surface area contributed by atoms with E-state index in [2.05, 4.69) is 5.32 Å². The molecule has 0 bridgehead atoms. The Morgan fingerprint density at radius 3 is 2.81 bits per heavy atom. The summed E-state index contributed by atoms with van der Waals surface area (Å²) in [5, 5.41) is 11.8. The molecular formula is C12H13NO3. The van der Waals surface area contributed by atoms with Crippen molar-refractivity contribution in [3.05, 3.63) is 35.4 Å². The summed E-state index contributed by atoms with van der Waals surface area (Å²) in [6.45, 7) is 1.85. The van der Waals surface area contributed by atoms with Crippen LogP contribution in [0.4, 0.5) is 0 Å². The van der Waals surface area contributed by atoms with Gasteiger partial charge in [-0.2, -0.15) is 0 Å². The van der Waals surface area contributed by atoms with E-state index >= 15 is 0 Å². The number of aromatic hydroxyl groups is 1. The molecule has 4 nitrogen and oxygen atoms in total. The molecule has 0 aliphatic carbocycles. The van der Waals surface area contributed by atoms with Crippen LogP contribution in [0.3, 0.4) is 0 Å². The smallest absolute Gasteiger partial charge is 0.217 e. The van der Waals surface area contributed by atoms with E-state index in [0.717, 1.165) is 0 Å². The molecule has 0 unspecified atom stereocenters. The van der Waals surface area contributed by atoms with Crippen molar-refractivity contribution in [3.8, 4) is 5.75 Å². The second-order valence-electron chi connectivity index (χ2n) is 3.27. The second-order valence-corrected chi connectivity index (χ2v) is 3.27. The quantitative estimate of drug-likeness (QED) is 0.751. The molecule has 1 rings (SSSR count). The summed E-state index contributed by atoms with van der Waals surface area (Å²) >= 11 is 0. The highest BCUT2D eigenvalue weighted by Gasteiger charge is 1.99. The van der Waals surface area contributed by atoms with E-state index in [0.29, 0.717) is 24.0 Å². The summed E-state index contributed by atoms with van der Waals surface area (Å²) in [6.07, 6.45) is 4.14. The summed E-state index contributed by atoms with van der Waals surface area (Å²) in [5.74, 6) is -0.0490. The Morgan fingerprint density at radius 2 is 2.19 bits per heavy atom. The summed E-state index contributed by atoms with van der Waals surface area (Å²) in [6, 6.07) is 4.54. The fourth-order valence-corrected chi connectivity index (χ4v) is 1.20. The first-order valence-corrected chi connectivity index (χ1v) is 4.82. The summed E-state index contributed by atoms with van der Waals surface area (Å²) in [5.41, 5.74) is 1.12. The molecule has 4 heteroatoms. The van der Waals surface area contributed by atoms with Gasteiger partial charge in [-0.25, -0.2) is 0 Å². The average Bonchev–Trinajstić information content (AvgIpc) is 2.25. The predicted octanol–water partition coefficient (Wildman–Crippen LogP) is 1.35. The highest BCUT2D eigenvalue weighted by Crippen LogP contribution is 2.16. The van der Waals surface area contributed by atoms with Crippen LogP contribution in [-0.2, 0) is 4.79 Å². The van der Waals surface area contributed by atoms with Gasteiger partial charge in [0.25, 0.3) is 0 Å². The number of phenols is 1. The number of benzene rings is 1. The first-order valence-electron chi connectivity index (χ1n) is 4.82. The molecule has 0 aromatic heterocycles. The minimum Gasteiger partial charge on any atom is -0.508 e. The van der Waals surface area contributed by atoms with E-state index in [-0.39, 0.29) is 11.7 Å². The third-order valence-electron chi connectivity index (χ3n) is 1.96. The van der Waals surface area contributed by atoms with E-state index in [1.165, 1.54) is 19.1 Å². The Hall–Kier alpha value is -2.10. The number of carbonyl (C=O) groups is 2. The fourth-order valence-electron chi connectivity index (χ4n) is 1.20. The molecule has 84 valence electrons. The van der Waals surface area contributed by atoms with Gasteiger partial charge in [-0.15, -0.1) is 0 Å². The van der Waals surface area contributed by atoms with E-state index < -0.39 is 0 Å². The summed E-state index contributed by atoms with van der Waals surface area (Å²) in [7, 11) is 0. The monoisotopic (exact) mass is 219 g/mol. The molecule has 0 heterocycles. The van der Waals surface area contributed by atoms with Crippen molar-refractivity contribution in [2.75, 3.05) is 6.54 Å². The van der Waals surface area contributed by atoms with Crippen LogP contribution in [0, 0.1) is 0 Å². The predicted molar refractivity (Wildman–Crippen MR) is 61.2 cm³/mol. The SMILES string of the molecule is CC(=O)NCC=Cc1ccc(O)cc1C=O. The molecule has 1 amide bonds. The largest absolute Gasteiger partial charge is 0.508 e. The maximum atomic E-state index is 10.7. The molecule has 0 saturated carbocycles. The van der Waals surface area contributed by atoms with Crippen molar-refractivity contribution in [3.63, 3.8) is 0 Å². The Kier molecular flexibility index (Phi) is 4.27. The van der Waals surface area contributed by atoms with Crippen molar-refractivity contribution in [2.45, 2.75) is 6.92 Å². The van der Waals surface area contributed by atoms with Crippen LogP contribution >= 0.6 is 0 Å². The van der Waals surface area contributed by atoms with Gasteiger partial charge in [-0.3, -0.25) is 9.59 Å². The Bertz CT molecular complexity index is 424. The maximum absolute atomic E-state index is 10.7. The van der Waals surface area contributed by atoms with Crippen molar-refractivity contribution in [1.82, 2.24) is 5.32 Å².